The zero-order valence-electron chi connectivity index (χ0n) is 11.1. The summed E-state index contributed by atoms with van der Waals surface area (Å²) < 4.78 is 11.0. The van der Waals surface area contributed by atoms with E-state index in [1.807, 2.05) is 17.5 Å². The minimum Gasteiger partial charge on any atom is -0.346 e. The topological polar surface area (TPSA) is 35.5 Å². The van der Waals surface area contributed by atoms with Crippen LogP contribution in [-0.2, 0) is 9.47 Å². The summed E-state index contributed by atoms with van der Waals surface area (Å²) in [5, 5.41) is 2.58. The fourth-order valence-electron chi connectivity index (χ4n) is 2.06. The lowest BCUT2D eigenvalue weighted by Gasteiger charge is -2.07. The first-order valence-electron chi connectivity index (χ1n) is 6.52. The molecule has 1 saturated heterocycles. The first-order valence-corrected chi connectivity index (χ1v) is 7.78. The molecule has 5 heteroatoms. The Morgan fingerprint density at radius 2 is 1.90 bits per heavy atom. The Morgan fingerprint density at radius 1 is 1.19 bits per heavy atom. The van der Waals surface area contributed by atoms with Crippen LogP contribution in [0.5, 0.6) is 0 Å². The van der Waals surface area contributed by atoms with Crippen molar-refractivity contribution in [2.75, 3.05) is 13.2 Å². The van der Waals surface area contributed by atoms with Crippen molar-refractivity contribution in [3.8, 4) is 0 Å². The zero-order chi connectivity index (χ0) is 14.7. The van der Waals surface area contributed by atoms with Crippen LogP contribution in [0.3, 0.4) is 0 Å². The molecular weight excluding hydrogens is 308 g/mol. The summed E-state index contributed by atoms with van der Waals surface area (Å²) in [6.45, 7) is 1.21. The number of benzene rings is 1. The number of rotatable bonds is 4. The highest BCUT2D eigenvalue weighted by Gasteiger charge is 2.21. The average Bonchev–Trinajstić information content (AvgIpc) is 3.16. The van der Waals surface area contributed by atoms with Crippen LogP contribution in [0.25, 0.3) is 6.08 Å². The normalized spacial score (nSPS) is 15.9. The molecule has 2 heterocycles. The second-order valence-corrected chi connectivity index (χ2v) is 5.90. The summed E-state index contributed by atoms with van der Waals surface area (Å²) in [6.07, 6.45) is 3.05. The van der Waals surface area contributed by atoms with Gasteiger partial charge >= 0.3 is 0 Å². The largest absolute Gasteiger partial charge is 0.346 e. The fraction of sp³-hybridized carbons (Fsp3) is 0.188. The quantitative estimate of drug-likeness (QED) is 0.621. The lowest BCUT2D eigenvalue weighted by molar-refractivity contribution is -0.0439. The average molecular weight is 321 g/mol. The highest BCUT2D eigenvalue weighted by Crippen LogP contribution is 2.30. The molecule has 0 N–H and O–H groups in total. The second-order valence-electron chi connectivity index (χ2n) is 4.52. The van der Waals surface area contributed by atoms with E-state index in [1.165, 1.54) is 0 Å². The predicted octanol–water partition coefficient (Wildman–Crippen LogP) is 4.34. The molecule has 1 aliphatic rings. The van der Waals surface area contributed by atoms with E-state index in [9.17, 15) is 4.79 Å². The number of hydrogen-bond donors (Lipinski definition) is 0. The molecule has 0 spiro atoms. The minimum atomic E-state index is -0.318. The zero-order valence-corrected chi connectivity index (χ0v) is 12.7. The third-order valence-electron chi connectivity index (χ3n) is 3.12. The van der Waals surface area contributed by atoms with E-state index in [4.69, 9.17) is 21.1 Å². The van der Waals surface area contributed by atoms with E-state index >= 15 is 0 Å². The van der Waals surface area contributed by atoms with Crippen molar-refractivity contribution >= 4 is 34.8 Å². The van der Waals surface area contributed by atoms with Crippen LogP contribution in [0.15, 0.2) is 41.8 Å². The molecule has 2 aromatic rings. The van der Waals surface area contributed by atoms with Crippen LogP contribution < -0.4 is 0 Å². The molecule has 0 radical (unpaired) electrons. The fourth-order valence-corrected chi connectivity index (χ4v) is 2.99. The van der Waals surface area contributed by atoms with Gasteiger partial charge in [-0.1, -0.05) is 11.6 Å². The van der Waals surface area contributed by atoms with E-state index in [0.717, 1.165) is 10.4 Å². The van der Waals surface area contributed by atoms with E-state index in [0.29, 0.717) is 23.8 Å². The molecule has 1 aromatic heterocycles. The van der Waals surface area contributed by atoms with Gasteiger partial charge in [0.15, 0.2) is 12.1 Å². The monoisotopic (exact) mass is 320 g/mol. The molecule has 0 aliphatic carbocycles. The number of hydrogen-bond acceptors (Lipinski definition) is 4. The minimum absolute atomic E-state index is 0.0562. The van der Waals surface area contributed by atoms with Gasteiger partial charge < -0.3 is 9.47 Å². The molecule has 0 amide bonds. The second kappa shape index (κ2) is 6.54. The van der Waals surface area contributed by atoms with Gasteiger partial charge in [-0.3, -0.25) is 4.79 Å². The molecule has 0 unspecified atom stereocenters. The number of carbonyl (C=O) groups excluding carboxylic acids is 1. The van der Waals surface area contributed by atoms with Crippen LogP contribution in [-0.4, -0.2) is 19.0 Å². The molecule has 3 rings (SSSR count). The Labute approximate surface area is 131 Å². The maximum Gasteiger partial charge on any atom is 0.185 e. The molecule has 3 nitrogen and oxygen atoms in total. The summed E-state index contributed by atoms with van der Waals surface area (Å²) in [5.41, 5.74) is 1.58. The van der Waals surface area contributed by atoms with E-state index in [2.05, 4.69) is 0 Å². The van der Waals surface area contributed by atoms with Crippen molar-refractivity contribution in [3.05, 3.63) is 62.8 Å². The van der Waals surface area contributed by atoms with Gasteiger partial charge in [-0.2, -0.15) is 0 Å². The van der Waals surface area contributed by atoms with Crippen molar-refractivity contribution in [2.24, 2.45) is 0 Å². The van der Waals surface area contributed by atoms with Gasteiger partial charge in [0.1, 0.15) is 0 Å². The molecule has 1 fully saturated rings. The maximum atomic E-state index is 12.1. The van der Waals surface area contributed by atoms with Gasteiger partial charge in [-0.15, -0.1) is 11.3 Å². The number of carbonyl (C=O) groups is 1. The Morgan fingerprint density at radius 3 is 2.62 bits per heavy atom. The van der Waals surface area contributed by atoms with E-state index in [1.54, 1.807) is 41.7 Å². The Bertz CT molecular complexity index is 654. The van der Waals surface area contributed by atoms with Gasteiger partial charge in [0.25, 0.3) is 0 Å². The van der Waals surface area contributed by atoms with Crippen LogP contribution in [0.2, 0.25) is 5.02 Å². The smallest absolute Gasteiger partial charge is 0.185 e. The summed E-state index contributed by atoms with van der Waals surface area (Å²) in [6, 6.07) is 8.81. The van der Waals surface area contributed by atoms with Crippen molar-refractivity contribution in [1.82, 2.24) is 0 Å². The van der Waals surface area contributed by atoms with Crippen molar-refractivity contribution < 1.29 is 14.3 Å². The standard InChI is InChI=1S/C16H13ClO3S/c17-12-3-1-11(2-4-12)14(18)5-6-15-13(7-10-21-15)16-19-8-9-20-16/h1-7,10,16H,8-9H2. The van der Waals surface area contributed by atoms with Crippen LogP contribution in [0.4, 0.5) is 0 Å². The molecule has 0 atom stereocenters. The Hall–Kier alpha value is -1.46. The van der Waals surface area contributed by atoms with Crippen molar-refractivity contribution in [3.63, 3.8) is 0 Å². The van der Waals surface area contributed by atoms with Crippen molar-refractivity contribution in [2.45, 2.75) is 6.29 Å². The lowest BCUT2D eigenvalue weighted by Crippen LogP contribution is -1.98. The third-order valence-corrected chi connectivity index (χ3v) is 4.27. The van der Waals surface area contributed by atoms with Gasteiger partial charge in [0.05, 0.1) is 13.2 Å². The summed E-state index contributed by atoms with van der Waals surface area (Å²) in [5.74, 6) is -0.0562. The first kappa shape index (κ1) is 14.5. The summed E-state index contributed by atoms with van der Waals surface area (Å²) >= 11 is 7.37. The van der Waals surface area contributed by atoms with Crippen LogP contribution in [0.1, 0.15) is 27.1 Å². The number of allylic oxidation sites excluding steroid dienone is 1. The molecule has 0 bridgehead atoms. The van der Waals surface area contributed by atoms with E-state index in [-0.39, 0.29) is 12.1 Å². The molecule has 21 heavy (non-hydrogen) atoms. The van der Waals surface area contributed by atoms with Crippen molar-refractivity contribution in [1.29, 1.82) is 0 Å². The Balaban J connectivity index is 1.75. The van der Waals surface area contributed by atoms with Gasteiger partial charge in [-0.25, -0.2) is 0 Å². The van der Waals surface area contributed by atoms with Crippen LogP contribution >= 0.6 is 22.9 Å². The molecule has 0 saturated carbocycles. The molecule has 108 valence electrons. The summed E-state index contributed by atoms with van der Waals surface area (Å²) in [7, 11) is 0. The van der Waals surface area contributed by atoms with Gasteiger partial charge in [-0.05, 0) is 47.9 Å². The van der Waals surface area contributed by atoms with Gasteiger partial charge in [0.2, 0.25) is 0 Å². The summed E-state index contributed by atoms with van der Waals surface area (Å²) in [4.78, 5) is 13.1. The number of ketones is 1. The van der Waals surface area contributed by atoms with E-state index < -0.39 is 0 Å². The predicted molar refractivity (Wildman–Crippen MR) is 83.8 cm³/mol. The SMILES string of the molecule is O=C(C=Cc1sccc1C1OCCO1)c1ccc(Cl)cc1. The van der Waals surface area contributed by atoms with Gasteiger partial charge in [0, 0.05) is 21.0 Å². The van der Waals surface area contributed by atoms with Crippen LogP contribution in [0, 0.1) is 0 Å². The maximum absolute atomic E-state index is 12.1. The molecule has 1 aromatic carbocycles. The first-order chi connectivity index (χ1) is 10.2. The lowest BCUT2D eigenvalue weighted by atomic mass is 10.1. The third kappa shape index (κ3) is 3.41. The Kier molecular flexibility index (Phi) is 4.51. The molecule has 1 aliphatic heterocycles. The number of thiophene rings is 1. The molecular formula is C16H13ClO3S. The number of halogens is 1. The highest BCUT2D eigenvalue weighted by atomic mass is 35.5. The highest BCUT2D eigenvalue weighted by molar-refractivity contribution is 7.11. The number of ether oxygens (including phenoxy) is 2.